The zero-order valence-corrected chi connectivity index (χ0v) is 17.9. The minimum absolute atomic E-state index is 0.0297. The van der Waals surface area contributed by atoms with Gasteiger partial charge in [-0.25, -0.2) is 8.42 Å². The van der Waals surface area contributed by atoms with E-state index >= 15 is 0 Å². The second kappa shape index (κ2) is 8.65. The number of thioether (sulfide) groups is 1. The maximum absolute atomic E-state index is 12.4. The van der Waals surface area contributed by atoms with Crippen LogP contribution in [0.25, 0.3) is 0 Å². The van der Waals surface area contributed by atoms with Crippen molar-refractivity contribution in [3.05, 3.63) is 35.2 Å². The van der Waals surface area contributed by atoms with E-state index in [2.05, 4.69) is 29.4 Å². The minimum Gasteiger partial charge on any atom is -0.416 e. The third kappa shape index (κ3) is 5.35. The first-order valence-corrected chi connectivity index (χ1v) is 12.1. The van der Waals surface area contributed by atoms with E-state index < -0.39 is 9.84 Å². The van der Waals surface area contributed by atoms with Gasteiger partial charge < -0.3 is 9.73 Å². The average Bonchev–Trinajstić information content (AvgIpc) is 3.20. The van der Waals surface area contributed by atoms with E-state index in [9.17, 15) is 13.2 Å². The Labute approximate surface area is 169 Å². The molecule has 7 nitrogen and oxygen atoms in total. The Morgan fingerprint density at radius 2 is 2.14 bits per heavy atom. The number of carbonyl (C=O) groups is 1. The first kappa shape index (κ1) is 20.9. The molecule has 1 amide bonds. The van der Waals surface area contributed by atoms with Gasteiger partial charge in [0.05, 0.1) is 17.3 Å². The highest BCUT2D eigenvalue weighted by Crippen LogP contribution is 2.28. The highest BCUT2D eigenvalue weighted by atomic mass is 32.2. The molecule has 0 radical (unpaired) electrons. The van der Waals surface area contributed by atoms with Crippen LogP contribution in [0.5, 0.6) is 0 Å². The molecular formula is C19H25N3O4S2. The molecule has 0 spiro atoms. The van der Waals surface area contributed by atoms with E-state index in [1.165, 1.54) is 11.8 Å². The van der Waals surface area contributed by atoms with Gasteiger partial charge in [0.1, 0.15) is 0 Å². The Morgan fingerprint density at radius 3 is 2.82 bits per heavy atom. The number of nitrogens with zero attached hydrogens (tertiary/aromatic N) is 2. The molecule has 1 saturated heterocycles. The van der Waals surface area contributed by atoms with E-state index in [0.29, 0.717) is 29.9 Å². The summed E-state index contributed by atoms with van der Waals surface area (Å²) in [6, 6.07) is 5.99. The van der Waals surface area contributed by atoms with Gasteiger partial charge in [-0.05, 0) is 36.3 Å². The van der Waals surface area contributed by atoms with Crippen molar-refractivity contribution in [1.82, 2.24) is 10.2 Å². The lowest BCUT2D eigenvalue weighted by Gasteiger charge is -2.16. The van der Waals surface area contributed by atoms with Gasteiger partial charge in [-0.15, -0.1) is 10.2 Å². The van der Waals surface area contributed by atoms with Crippen LogP contribution in [0, 0.1) is 12.8 Å². The van der Waals surface area contributed by atoms with E-state index in [-0.39, 0.29) is 29.1 Å². The molecule has 28 heavy (non-hydrogen) atoms. The van der Waals surface area contributed by atoms with E-state index in [0.717, 1.165) is 16.8 Å². The molecule has 0 saturated carbocycles. The number of para-hydroxylation sites is 1. The summed E-state index contributed by atoms with van der Waals surface area (Å²) in [7, 11) is -2.92. The maximum Gasteiger partial charge on any atom is 0.277 e. The van der Waals surface area contributed by atoms with Crippen LogP contribution in [0.15, 0.2) is 27.8 Å². The van der Waals surface area contributed by atoms with Crippen LogP contribution >= 0.6 is 11.8 Å². The summed E-state index contributed by atoms with van der Waals surface area (Å²) in [6.07, 6.45) is 1.09. The van der Waals surface area contributed by atoms with Gasteiger partial charge in [0.2, 0.25) is 11.8 Å². The molecule has 2 heterocycles. The Balaban J connectivity index is 1.54. The molecule has 1 aliphatic rings. The Kier molecular flexibility index (Phi) is 6.44. The molecule has 1 aliphatic heterocycles. The topological polar surface area (TPSA) is 102 Å². The Hall–Kier alpha value is -1.87. The number of hydrogen-bond acceptors (Lipinski definition) is 7. The number of rotatable bonds is 7. The van der Waals surface area contributed by atoms with E-state index in [1.807, 2.05) is 25.1 Å². The van der Waals surface area contributed by atoms with Crippen molar-refractivity contribution in [2.75, 3.05) is 22.6 Å². The second-order valence-corrected chi connectivity index (χ2v) is 10.6. The Morgan fingerprint density at radius 1 is 1.36 bits per heavy atom. The quantitative estimate of drug-likeness (QED) is 0.682. The van der Waals surface area contributed by atoms with Crippen LogP contribution in [0.2, 0.25) is 0 Å². The number of carbonyl (C=O) groups excluding carboxylic acids is 1. The van der Waals surface area contributed by atoms with Gasteiger partial charge in [-0.1, -0.05) is 43.8 Å². The van der Waals surface area contributed by atoms with E-state index in [1.54, 1.807) is 0 Å². The van der Waals surface area contributed by atoms with Crippen LogP contribution in [-0.2, 0) is 21.1 Å². The normalized spacial score (nSPS) is 18.5. The van der Waals surface area contributed by atoms with Crippen molar-refractivity contribution >= 4 is 33.2 Å². The van der Waals surface area contributed by atoms with Crippen LogP contribution in [0.4, 0.5) is 5.69 Å². The number of benzene rings is 1. The summed E-state index contributed by atoms with van der Waals surface area (Å²) in [5.74, 6) is 1.18. The number of sulfone groups is 1. The highest BCUT2D eigenvalue weighted by Gasteiger charge is 2.29. The third-order valence-electron chi connectivity index (χ3n) is 4.76. The van der Waals surface area contributed by atoms with Crippen LogP contribution in [-0.4, -0.2) is 41.8 Å². The SMILES string of the molecule is Cc1cccc(C(C)C)c1NC(=O)CSc1nnc(C[C@@H]2CCS(=O)(=O)C2)o1. The molecule has 2 aromatic rings. The van der Waals surface area contributed by atoms with Crippen molar-refractivity contribution in [2.45, 2.75) is 44.8 Å². The summed E-state index contributed by atoms with van der Waals surface area (Å²) < 4.78 is 28.6. The van der Waals surface area contributed by atoms with Crippen molar-refractivity contribution in [2.24, 2.45) is 5.92 Å². The molecular weight excluding hydrogens is 398 g/mol. The van der Waals surface area contributed by atoms with E-state index in [4.69, 9.17) is 4.42 Å². The fourth-order valence-corrected chi connectivity index (χ4v) is 5.75. The molecule has 0 unspecified atom stereocenters. The molecule has 1 N–H and O–H groups in total. The molecule has 0 aliphatic carbocycles. The van der Waals surface area contributed by atoms with Crippen LogP contribution < -0.4 is 5.32 Å². The average molecular weight is 424 g/mol. The number of aryl methyl sites for hydroxylation is 1. The largest absolute Gasteiger partial charge is 0.416 e. The smallest absolute Gasteiger partial charge is 0.277 e. The molecule has 9 heteroatoms. The van der Waals surface area contributed by atoms with Crippen molar-refractivity contribution in [3.63, 3.8) is 0 Å². The third-order valence-corrected chi connectivity index (χ3v) is 7.41. The summed E-state index contributed by atoms with van der Waals surface area (Å²) in [4.78, 5) is 12.4. The van der Waals surface area contributed by atoms with Crippen LogP contribution in [0.1, 0.15) is 43.2 Å². The summed E-state index contributed by atoms with van der Waals surface area (Å²) in [5.41, 5.74) is 2.98. The van der Waals surface area contributed by atoms with Crippen molar-refractivity contribution in [3.8, 4) is 0 Å². The molecule has 3 rings (SSSR count). The second-order valence-electron chi connectivity index (χ2n) is 7.47. The minimum atomic E-state index is -2.92. The molecule has 0 bridgehead atoms. The number of anilines is 1. The number of hydrogen-bond donors (Lipinski definition) is 1. The first-order valence-electron chi connectivity index (χ1n) is 9.28. The number of amides is 1. The monoisotopic (exact) mass is 423 g/mol. The fourth-order valence-electron chi connectivity index (χ4n) is 3.30. The lowest BCUT2D eigenvalue weighted by Crippen LogP contribution is -2.16. The summed E-state index contributed by atoms with van der Waals surface area (Å²) in [6.45, 7) is 6.16. The van der Waals surface area contributed by atoms with Crippen molar-refractivity contribution in [1.29, 1.82) is 0 Å². The highest BCUT2D eigenvalue weighted by molar-refractivity contribution is 7.99. The van der Waals surface area contributed by atoms with Gasteiger partial charge >= 0.3 is 0 Å². The predicted molar refractivity (Wildman–Crippen MR) is 109 cm³/mol. The first-order chi connectivity index (χ1) is 13.2. The molecule has 1 aromatic carbocycles. The molecule has 1 atom stereocenters. The van der Waals surface area contributed by atoms with Crippen LogP contribution in [0.3, 0.4) is 0 Å². The predicted octanol–water partition coefficient (Wildman–Crippen LogP) is 3.21. The molecule has 1 fully saturated rings. The zero-order chi connectivity index (χ0) is 20.3. The summed E-state index contributed by atoms with van der Waals surface area (Å²) >= 11 is 1.18. The lowest BCUT2D eigenvalue weighted by atomic mass is 9.98. The number of aromatic nitrogens is 2. The zero-order valence-electron chi connectivity index (χ0n) is 16.3. The van der Waals surface area contributed by atoms with Gasteiger partial charge in [-0.2, -0.15) is 0 Å². The summed E-state index contributed by atoms with van der Waals surface area (Å²) in [5, 5.41) is 11.2. The molecule has 1 aromatic heterocycles. The fraction of sp³-hybridized carbons (Fsp3) is 0.526. The lowest BCUT2D eigenvalue weighted by molar-refractivity contribution is -0.113. The van der Waals surface area contributed by atoms with Gasteiger partial charge in [0, 0.05) is 12.1 Å². The van der Waals surface area contributed by atoms with Crippen molar-refractivity contribution < 1.29 is 17.6 Å². The standard InChI is InChI=1S/C19H25N3O4S2/c1-12(2)15-6-4-5-13(3)18(15)20-16(23)10-27-19-22-21-17(26-19)9-14-7-8-28(24,25)11-14/h4-6,12,14H,7-11H2,1-3H3,(H,20,23)/t14-/m0/s1. The Bertz CT molecular complexity index is 954. The van der Waals surface area contributed by atoms with Gasteiger partial charge in [-0.3, -0.25) is 4.79 Å². The van der Waals surface area contributed by atoms with Gasteiger partial charge in [0.15, 0.2) is 9.84 Å². The van der Waals surface area contributed by atoms with Gasteiger partial charge in [0.25, 0.3) is 5.22 Å². The number of nitrogens with one attached hydrogen (secondary N) is 1. The maximum atomic E-state index is 12.4. The molecule has 152 valence electrons.